The van der Waals surface area contributed by atoms with E-state index in [4.69, 9.17) is 0 Å². The van der Waals surface area contributed by atoms with E-state index in [9.17, 15) is 14.7 Å². The van der Waals surface area contributed by atoms with Crippen LogP contribution in [0.4, 0.5) is 0 Å². The normalized spacial score (nSPS) is 13.2. The number of carbonyl (C=O) groups is 2. The number of benzene rings is 2. The summed E-state index contributed by atoms with van der Waals surface area (Å²) in [6.07, 6.45) is 0. The zero-order chi connectivity index (χ0) is 17.0. The van der Waals surface area contributed by atoms with E-state index in [0.29, 0.717) is 5.56 Å². The fourth-order valence-corrected chi connectivity index (χ4v) is 2.52. The van der Waals surface area contributed by atoms with Crippen molar-refractivity contribution >= 4 is 11.9 Å². The summed E-state index contributed by atoms with van der Waals surface area (Å²) in [7, 11) is 0. The Labute approximate surface area is 136 Å². The molecule has 0 bridgehead atoms. The maximum Gasteiger partial charge on any atom is 0.330 e. The Morgan fingerprint density at radius 3 is 2.26 bits per heavy atom. The predicted octanol–water partition coefficient (Wildman–Crippen LogP) is 3.35. The van der Waals surface area contributed by atoms with Gasteiger partial charge in [0.05, 0.1) is 5.92 Å². The first-order chi connectivity index (χ1) is 10.9. The molecule has 2 aromatic rings. The van der Waals surface area contributed by atoms with Crippen molar-refractivity contribution in [1.82, 2.24) is 5.32 Å². The number of hydrogen-bond acceptors (Lipinski definition) is 2. The molecule has 0 aliphatic rings. The highest BCUT2D eigenvalue weighted by Crippen LogP contribution is 2.23. The van der Waals surface area contributed by atoms with Gasteiger partial charge in [0.15, 0.2) is 6.04 Å². The van der Waals surface area contributed by atoms with E-state index in [-0.39, 0.29) is 5.91 Å². The molecule has 2 unspecified atom stereocenters. The molecule has 2 aromatic carbocycles. The van der Waals surface area contributed by atoms with Gasteiger partial charge in [-0.05, 0) is 43.0 Å². The lowest BCUT2D eigenvalue weighted by atomic mass is 9.95. The smallest absolute Gasteiger partial charge is 0.330 e. The van der Waals surface area contributed by atoms with Crippen molar-refractivity contribution in [2.45, 2.75) is 32.7 Å². The molecule has 23 heavy (non-hydrogen) atoms. The minimum Gasteiger partial charge on any atom is -0.479 e. The number of nitrogens with one attached hydrogen (secondary N) is 1. The van der Waals surface area contributed by atoms with Gasteiger partial charge in [-0.15, -0.1) is 0 Å². The lowest BCUT2D eigenvalue weighted by Gasteiger charge is -2.20. The summed E-state index contributed by atoms with van der Waals surface area (Å²) < 4.78 is 0. The summed E-state index contributed by atoms with van der Waals surface area (Å²) in [6, 6.07) is 13.7. The Hall–Kier alpha value is -2.62. The molecule has 2 rings (SSSR count). The van der Waals surface area contributed by atoms with Crippen molar-refractivity contribution in [3.8, 4) is 0 Å². The molecule has 0 fully saturated rings. The second-order valence-corrected chi connectivity index (χ2v) is 5.70. The van der Waals surface area contributed by atoms with Crippen molar-refractivity contribution in [3.63, 3.8) is 0 Å². The van der Waals surface area contributed by atoms with Gasteiger partial charge < -0.3 is 10.4 Å². The number of rotatable bonds is 5. The van der Waals surface area contributed by atoms with Gasteiger partial charge >= 0.3 is 5.97 Å². The summed E-state index contributed by atoms with van der Waals surface area (Å²) in [4.78, 5) is 24.1. The van der Waals surface area contributed by atoms with E-state index < -0.39 is 17.9 Å². The predicted molar refractivity (Wildman–Crippen MR) is 89.3 cm³/mol. The van der Waals surface area contributed by atoms with Crippen molar-refractivity contribution in [2.24, 2.45) is 0 Å². The quantitative estimate of drug-likeness (QED) is 0.890. The summed E-state index contributed by atoms with van der Waals surface area (Å²) in [6.45, 7) is 5.56. The van der Waals surface area contributed by atoms with Crippen LogP contribution in [0, 0.1) is 13.8 Å². The van der Waals surface area contributed by atoms with E-state index in [1.165, 1.54) is 0 Å². The highest BCUT2D eigenvalue weighted by Gasteiger charge is 2.26. The molecule has 4 nitrogen and oxygen atoms in total. The highest BCUT2D eigenvalue weighted by atomic mass is 16.4. The molecule has 1 amide bonds. The number of aryl methyl sites for hydroxylation is 1. The highest BCUT2D eigenvalue weighted by molar-refractivity contribution is 5.88. The van der Waals surface area contributed by atoms with E-state index >= 15 is 0 Å². The minimum atomic E-state index is -1.06. The zero-order valence-corrected chi connectivity index (χ0v) is 13.5. The monoisotopic (exact) mass is 311 g/mol. The van der Waals surface area contributed by atoms with Gasteiger partial charge in [0, 0.05) is 0 Å². The first-order valence-corrected chi connectivity index (χ1v) is 7.56. The molecule has 0 aliphatic carbocycles. The lowest BCUT2D eigenvalue weighted by molar-refractivity contribution is -0.142. The van der Waals surface area contributed by atoms with Gasteiger partial charge in [0.2, 0.25) is 5.91 Å². The molecule has 0 spiro atoms. The average Bonchev–Trinajstić information content (AvgIpc) is 2.55. The Morgan fingerprint density at radius 2 is 1.65 bits per heavy atom. The first kappa shape index (κ1) is 16.7. The SMILES string of the molecule is Cc1cccc(C(NC(=O)C(C)c2ccccc2)C(=O)O)c1C. The average molecular weight is 311 g/mol. The van der Waals surface area contributed by atoms with Crippen LogP contribution in [0.25, 0.3) is 0 Å². The van der Waals surface area contributed by atoms with Crippen LogP contribution in [0.1, 0.15) is 41.1 Å². The van der Waals surface area contributed by atoms with E-state index in [1.54, 1.807) is 19.1 Å². The zero-order valence-electron chi connectivity index (χ0n) is 13.5. The summed E-state index contributed by atoms with van der Waals surface area (Å²) >= 11 is 0. The molecule has 0 saturated heterocycles. The van der Waals surface area contributed by atoms with Gasteiger partial charge in [0.1, 0.15) is 0 Å². The molecule has 2 atom stereocenters. The molecule has 0 radical (unpaired) electrons. The van der Waals surface area contributed by atoms with Crippen LogP contribution in [-0.2, 0) is 9.59 Å². The van der Waals surface area contributed by atoms with Gasteiger partial charge in [-0.2, -0.15) is 0 Å². The van der Waals surface area contributed by atoms with Crippen LogP contribution < -0.4 is 5.32 Å². The van der Waals surface area contributed by atoms with Gasteiger partial charge in [-0.1, -0.05) is 48.5 Å². The number of carboxylic acids is 1. The van der Waals surface area contributed by atoms with Crippen LogP contribution in [-0.4, -0.2) is 17.0 Å². The molecule has 0 heterocycles. The lowest BCUT2D eigenvalue weighted by Crippen LogP contribution is -2.36. The maximum absolute atomic E-state index is 12.5. The van der Waals surface area contributed by atoms with Gasteiger partial charge in [0.25, 0.3) is 0 Å². The number of hydrogen-bond donors (Lipinski definition) is 2. The third-order valence-corrected chi connectivity index (χ3v) is 4.18. The van der Waals surface area contributed by atoms with Crippen molar-refractivity contribution in [3.05, 3.63) is 70.8 Å². The molecule has 2 N–H and O–H groups in total. The van der Waals surface area contributed by atoms with Gasteiger partial charge in [-0.25, -0.2) is 4.79 Å². The third-order valence-electron chi connectivity index (χ3n) is 4.18. The fourth-order valence-electron chi connectivity index (χ4n) is 2.52. The summed E-state index contributed by atoms with van der Waals surface area (Å²) in [5.74, 6) is -1.78. The number of carboxylic acid groups (broad SMARTS) is 1. The second kappa shape index (κ2) is 7.09. The summed E-state index contributed by atoms with van der Waals surface area (Å²) in [5.41, 5.74) is 3.35. The standard InChI is InChI=1S/C19H21NO3/c1-12-8-7-11-16(13(12)2)17(19(22)23)20-18(21)14(3)15-9-5-4-6-10-15/h4-11,14,17H,1-3H3,(H,20,21)(H,22,23). The topological polar surface area (TPSA) is 66.4 Å². The largest absolute Gasteiger partial charge is 0.479 e. The van der Waals surface area contributed by atoms with Crippen LogP contribution in [0.2, 0.25) is 0 Å². The molecule has 120 valence electrons. The van der Waals surface area contributed by atoms with Crippen LogP contribution in [0.3, 0.4) is 0 Å². The van der Waals surface area contributed by atoms with E-state index in [0.717, 1.165) is 16.7 Å². The Kier molecular flexibility index (Phi) is 5.16. The number of aliphatic carboxylic acids is 1. The number of carbonyl (C=O) groups excluding carboxylic acids is 1. The van der Waals surface area contributed by atoms with Crippen LogP contribution in [0.15, 0.2) is 48.5 Å². The first-order valence-electron chi connectivity index (χ1n) is 7.56. The third kappa shape index (κ3) is 3.77. The Bertz CT molecular complexity index is 710. The molecule has 0 saturated carbocycles. The van der Waals surface area contributed by atoms with Crippen LogP contribution >= 0.6 is 0 Å². The van der Waals surface area contributed by atoms with Crippen molar-refractivity contribution in [1.29, 1.82) is 0 Å². The second-order valence-electron chi connectivity index (χ2n) is 5.70. The number of amides is 1. The van der Waals surface area contributed by atoms with E-state index in [1.807, 2.05) is 50.2 Å². The van der Waals surface area contributed by atoms with Crippen molar-refractivity contribution in [2.75, 3.05) is 0 Å². The minimum absolute atomic E-state index is 0.301. The molecule has 4 heteroatoms. The van der Waals surface area contributed by atoms with Gasteiger partial charge in [-0.3, -0.25) is 4.79 Å². The maximum atomic E-state index is 12.5. The Morgan fingerprint density at radius 1 is 1.00 bits per heavy atom. The van der Waals surface area contributed by atoms with Crippen LogP contribution in [0.5, 0.6) is 0 Å². The molecular weight excluding hydrogens is 290 g/mol. The fraction of sp³-hybridized carbons (Fsp3) is 0.263. The van der Waals surface area contributed by atoms with E-state index in [2.05, 4.69) is 5.32 Å². The molecule has 0 aromatic heterocycles. The molecule has 0 aliphatic heterocycles. The summed E-state index contributed by atoms with van der Waals surface area (Å²) in [5, 5.41) is 12.2. The van der Waals surface area contributed by atoms with Crippen molar-refractivity contribution < 1.29 is 14.7 Å². The molecular formula is C19H21NO3. The Balaban J connectivity index is 2.25.